The normalized spacial score (nSPS) is 15.3. The molecule has 6 nitrogen and oxygen atoms in total. The SMILES string of the molecule is C=CC(=C)N=C(N)/C(=C\C=C/C)C(C)Nc1ncc(F)cc1C(=O)O.CC.CCC1=C(CC)C(C)(C)C=C1. The summed E-state index contributed by atoms with van der Waals surface area (Å²) in [5.74, 6) is -1.80. The highest BCUT2D eigenvalue weighted by Gasteiger charge is 2.25. The molecule has 1 heterocycles. The Balaban J connectivity index is 0.000000873. The molecule has 0 aromatic carbocycles. The van der Waals surface area contributed by atoms with Gasteiger partial charge in [-0.2, -0.15) is 0 Å². The predicted octanol–water partition coefficient (Wildman–Crippen LogP) is 8.00. The molecule has 0 radical (unpaired) electrons. The number of amidine groups is 1. The number of pyridine rings is 1. The Morgan fingerprint density at radius 3 is 2.42 bits per heavy atom. The van der Waals surface area contributed by atoms with Crippen LogP contribution in [0, 0.1) is 11.2 Å². The molecule has 0 saturated carbocycles. The zero-order chi connectivity index (χ0) is 29.5. The van der Waals surface area contributed by atoms with Crippen molar-refractivity contribution in [3.05, 3.63) is 95.7 Å². The van der Waals surface area contributed by atoms with Crippen molar-refractivity contribution in [2.75, 3.05) is 5.32 Å². The fraction of sp³-hybridized carbons (Fsp3) is 0.387. The summed E-state index contributed by atoms with van der Waals surface area (Å²) in [7, 11) is 0. The quantitative estimate of drug-likeness (QED) is 0.163. The molecule has 7 heteroatoms. The van der Waals surface area contributed by atoms with E-state index < -0.39 is 17.8 Å². The maximum atomic E-state index is 13.2. The van der Waals surface area contributed by atoms with E-state index in [0.29, 0.717) is 16.7 Å². The number of carboxylic acids is 1. The molecular weight excluding hydrogens is 479 g/mol. The van der Waals surface area contributed by atoms with Gasteiger partial charge in [0.2, 0.25) is 0 Å². The van der Waals surface area contributed by atoms with Gasteiger partial charge >= 0.3 is 5.97 Å². The zero-order valence-corrected chi connectivity index (χ0v) is 24.2. The molecule has 1 aromatic rings. The van der Waals surface area contributed by atoms with E-state index >= 15 is 0 Å². The van der Waals surface area contributed by atoms with Gasteiger partial charge in [-0.15, -0.1) is 0 Å². The third kappa shape index (κ3) is 10.3. The summed E-state index contributed by atoms with van der Waals surface area (Å²) in [6.45, 7) is 23.9. The minimum atomic E-state index is -1.29. The van der Waals surface area contributed by atoms with Crippen molar-refractivity contribution in [1.29, 1.82) is 0 Å². The van der Waals surface area contributed by atoms with Crippen LogP contribution >= 0.6 is 0 Å². The first-order valence-corrected chi connectivity index (χ1v) is 13.0. The fourth-order valence-corrected chi connectivity index (χ4v) is 3.85. The smallest absolute Gasteiger partial charge is 0.339 e. The van der Waals surface area contributed by atoms with E-state index in [1.54, 1.807) is 36.3 Å². The third-order valence-electron chi connectivity index (χ3n) is 5.77. The average molecular weight is 525 g/mol. The largest absolute Gasteiger partial charge is 0.478 e. The summed E-state index contributed by atoms with van der Waals surface area (Å²) in [6.07, 6.45) is 14.7. The van der Waals surface area contributed by atoms with Crippen molar-refractivity contribution in [3.63, 3.8) is 0 Å². The van der Waals surface area contributed by atoms with Crippen molar-refractivity contribution < 1.29 is 14.3 Å². The predicted molar refractivity (Wildman–Crippen MR) is 160 cm³/mol. The Bertz CT molecular complexity index is 1120. The van der Waals surface area contributed by atoms with E-state index in [1.807, 2.05) is 20.8 Å². The van der Waals surface area contributed by atoms with Crippen molar-refractivity contribution in [1.82, 2.24) is 4.98 Å². The number of nitrogens with one attached hydrogen (secondary N) is 1. The number of nitrogens with two attached hydrogens (primary N) is 1. The Hall–Kier alpha value is -3.74. The number of aliphatic imine (C=N–C) groups is 1. The monoisotopic (exact) mass is 524 g/mol. The van der Waals surface area contributed by atoms with Crippen molar-refractivity contribution in [2.45, 2.75) is 74.3 Å². The van der Waals surface area contributed by atoms with Crippen LogP contribution in [-0.4, -0.2) is 27.9 Å². The molecule has 2 rings (SSSR count). The van der Waals surface area contributed by atoms with Crippen LogP contribution in [0.1, 0.15) is 78.6 Å². The van der Waals surface area contributed by atoms with Gasteiger partial charge in [-0.1, -0.05) is 90.7 Å². The number of nitrogens with zero attached hydrogens (tertiary/aromatic N) is 2. The van der Waals surface area contributed by atoms with Crippen LogP contribution in [0.3, 0.4) is 0 Å². The zero-order valence-electron chi connectivity index (χ0n) is 24.2. The number of carbonyl (C=O) groups is 1. The molecule has 0 aliphatic heterocycles. The van der Waals surface area contributed by atoms with Crippen LogP contribution in [0.2, 0.25) is 0 Å². The number of anilines is 1. The Morgan fingerprint density at radius 2 is 1.95 bits per heavy atom. The van der Waals surface area contributed by atoms with Gasteiger partial charge in [0.05, 0.1) is 17.9 Å². The van der Waals surface area contributed by atoms with E-state index in [9.17, 15) is 14.3 Å². The Morgan fingerprint density at radius 1 is 1.32 bits per heavy atom. The molecule has 38 heavy (non-hydrogen) atoms. The van der Waals surface area contributed by atoms with Crippen LogP contribution in [-0.2, 0) is 0 Å². The first-order valence-electron chi connectivity index (χ1n) is 13.0. The standard InChI is InChI=1S/C18H21FN4O2.C11H18.C2H6/c1-5-7-8-14(16(20)22-11(3)6-2)12(4)23-17-15(18(24)25)9-13(19)10-21-17;1-5-9-7-8-11(3,4)10(9)6-2;1-2/h5-10,12H,2-3H2,1,4H3,(H2,20,22)(H,21,23)(H,24,25);7-8H,5-6H2,1-4H3;1-2H3/b7-5-,14-8-;;. The van der Waals surface area contributed by atoms with Crippen molar-refractivity contribution >= 4 is 17.6 Å². The lowest BCUT2D eigenvalue weighted by molar-refractivity contribution is 0.0697. The van der Waals surface area contributed by atoms with Crippen LogP contribution in [0.5, 0.6) is 0 Å². The van der Waals surface area contributed by atoms with Gasteiger partial charge in [0.1, 0.15) is 23.0 Å². The minimum Gasteiger partial charge on any atom is -0.478 e. The van der Waals surface area contributed by atoms with E-state index in [2.05, 4.69) is 68.3 Å². The molecule has 1 atom stereocenters. The number of aromatic carboxylic acids is 1. The number of rotatable bonds is 10. The first kappa shape index (κ1) is 34.3. The molecule has 0 spiro atoms. The number of allylic oxidation sites excluding steroid dienone is 8. The van der Waals surface area contributed by atoms with Crippen molar-refractivity contribution in [3.8, 4) is 0 Å². The summed E-state index contributed by atoms with van der Waals surface area (Å²) < 4.78 is 13.2. The van der Waals surface area contributed by atoms with Crippen LogP contribution in [0.15, 0.2) is 89.3 Å². The average Bonchev–Trinajstić information content (AvgIpc) is 3.19. The lowest BCUT2D eigenvalue weighted by Crippen LogP contribution is -2.29. The maximum absolute atomic E-state index is 13.2. The molecule has 208 valence electrons. The van der Waals surface area contributed by atoms with E-state index in [4.69, 9.17) is 5.73 Å². The molecule has 0 bridgehead atoms. The van der Waals surface area contributed by atoms with Gasteiger partial charge in [-0.3, -0.25) is 0 Å². The number of hydrogen-bond donors (Lipinski definition) is 3. The molecule has 1 aromatic heterocycles. The summed E-state index contributed by atoms with van der Waals surface area (Å²) >= 11 is 0. The number of carboxylic acid groups (broad SMARTS) is 1. The van der Waals surface area contributed by atoms with Gasteiger partial charge in [0.15, 0.2) is 0 Å². The summed E-state index contributed by atoms with van der Waals surface area (Å²) in [5, 5.41) is 12.1. The molecule has 0 saturated heterocycles. The van der Waals surface area contributed by atoms with Gasteiger partial charge in [0, 0.05) is 11.0 Å². The molecular formula is C31H45FN4O2. The highest BCUT2D eigenvalue weighted by molar-refractivity contribution is 6.00. The molecule has 0 amide bonds. The second kappa shape index (κ2) is 16.9. The van der Waals surface area contributed by atoms with Gasteiger partial charge in [-0.05, 0) is 44.4 Å². The minimum absolute atomic E-state index is 0.0307. The van der Waals surface area contributed by atoms with Crippen molar-refractivity contribution in [2.24, 2.45) is 16.1 Å². The highest BCUT2D eigenvalue weighted by atomic mass is 19.1. The molecule has 1 unspecified atom stereocenters. The Labute approximate surface area is 228 Å². The summed E-state index contributed by atoms with van der Waals surface area (Å²) in [4.78, 5) is 19.2. The third-order valence-corrected chi connectivity index (χ3v) is 5.77. The highest BCUT2D eigenvalue weighted by Crippen LogP contribution is 2.39. The fourth-order valence-electron chi connectivity index (χ4n) is 3.85. The van der Waals surface area contributed by atoms with E-state index in [-0.39, 0.29) is 17.2 Å². The molecule has 4 N–H and O–H groups in total. The second-order valence-electron chi connectivity index (χ2n) is 8.83. The van der Waals surface area contributed by atoms with Crippen LogP contribution < -0.4 is 11.1 Å². The second-order valence-corrected chi connectivity index (χ2v) is 8.83. The lowest BCUT2D eigenvalue weighted by atomic mass is 9.84. The summed E-state index contributed by atoms with van der Waals surface area (Å²) in [5.41, 5.74) is 10.2. The van der Waals surface area contributed by atoms with E-state index in [1.165, 1.54) is 18.9 Å². The van der Waals surface area contributed by atoms with Crippen LogP contribution in [0.25, 0.3) is 0 Å². The number of aromatic nitrogens is 1. The number of hydrogen-bond acceptors (Lipinski definition) is 4. The molecule has 1 aliphatic rings. The topological polar surface area (TPSA) is 101 Å². The van der Waals surface area contributed by atoms with Gasteiger partial charge in [0.25, 0.3) is 0 Å². The van der Waals surface area contributed by atoms with Crippen LogP contribution in [0.4, 0.5) is 10.2 Å². The summed E-state index contributed by atoms with van der Waals surface area (Å²) in [6, 6.07) is 0.449. The van der Waals surface area contributed by atoms with E-state index in [0.717, 1.165) is 12.3 Å². The lowest BCUT2D eigenvalue weighted by Gasteiger charge is -2.20. The van der Waals surface area contributed by atoms with Gasteiger partial charge in [-0.25, -0.2) is 19.2 Å². The van der Waals surface area contributed by atoms with Gasteiger partial charge < -0.3 is 16.2 Å². The Kier molecular flexibility index (Phi) is 15.2. The maximum Gasteiger partial charge on any atom is 0.339 e. The molecule has 1 aliphatic carbocycles. The molecule has 0 fully saturated rings. The first-order chi connectivity index (χ1) is 17.9. The number of halogens is 1.